The summed E-state index contributed by atoms with van der Waals surface area (Å²) in [5.41, 5.74) is 1.85. The zero-order valence-electron chi connectivity index (χ0n) is 19.1. The second kappa shape index (κ2) is 10.0. The lowest BCUT2D eigenvalue weighted by atomic mass is 9.95. The average Bonchev–Trinajstić information content (AvgIpc) is 3.30. The van der Waals surface area contributed by atoms with Gasteiger partial charge in [0, 0.05) is 11.3 Å². The monoisotopic (exact) mass is 480 g/mol. The zero-order valence-corrected chi connectivity index (χ0v) is 19.1. The van der Waals surface area contributed by atoms with E-state index in [1.165, 1.54) is 23.9 Å². The van der Waals surface area contributed by atoms with Crippen LogP contribution in [0.1, 0.15) is 30.4 Å². The molecule has 0 saturated carbocycles. The third-order valence-electron chi connectivity index (χ3n) is 5.55. The highest BCUT2D eigenvalue weighted by molar-refractivity contribution is 5.95. The highest BCUT2D eigenvalue weighted by Crippen LogP contribution is 2.32. The number of nitrogens with one attached hydrogen (secondary N) is 1. The van der Waals surface area contributed by atoms with Crippen LogP contribution >= 0.6 is 0 Å². The second-order valence-electron chi connectivity index (χ2n) is 7.82. The van der Waals surface area contributed by atoms with Crippen molar-refractivity contribution < 1.29 is 22.7 Å². The summed E-state index contributed by atoms with van der Waals surface area (Å²) in [6.45, 7) is 1.96. The summed E-state index contributed by atoms with van der Waals surface area (Å²) in [5, 5.41) is 7.23. The molecule has 1 N–H and O–H groups in total. The topological polar surface area (TPSA) is 69.0 Å². The van der Waals surface area contributed by atoms with E-state index in [4.69, 9.17) is 4.74 Å². The summed E-state index contributed by atoms with van der Waals surface area (Å²) in [6, 6.07) is 21.3. The van der Waals surface area contributed by atoms with E-state index in [2.05, 4.69) is 15.4 Å². The van der Waals surface area contributed by atoms with E-state index in [0.29, 0.717) is 29.2 Å². The van der Waals surface area contributed by atoms with Gasteiger partial charge in [-0.2, -0.15) is 18.2 Å². The number of carbonyl (C=O) groups is 1. The summed E-state index contributed by atoms with van der Waals surface area (Å²) in [7, 11) is 1.41. The van der Waals surface area contributed by atoms with Gasteiger partial charge in [0.05, 0.1) is 24.3 Å². The first-order valence-electron chi connectivity index (χ1n) is 10.9. The Morgan fingerprint density at radius 3 is 2.23 bits per heavy atom. The smallest absolute Gasteiger partial charge is 0.416 e. The molecule has 0 bridgehead atoms. The van der Waals surface area contributed by atoms with E-state index >= 15 is 0 Å². The molecule has 35 heavy (non-hydrogen) atoms. The molecule has 0 aliphatic heterocycles. The lowest BCUT2D eigenvalue weighted by molar-refractivity contribution is -0.137. The van der Waals surface area contributed by atoms with Crippen LogP contribution in [-0.4, -0.2) is 27.8 Å². The van der Waals surface area contributed by atoms with Crippen molar-refractivity contribution >= 4 is 11.6 Å². The SMILES string of the molecule is CCC(C(=O)Nc1ccc(-n2nc(OC)nc2-c2ccc(C(F)(F)F)cc2)cc1)c1ccccc1. The lowest BCUT2D eigenvalue weighted by Crippen LogP contribution is -2.20. The molecule has 9 heteroatoms. The molecule has 4 rings (SSSR count). The predicted octanol–water partition coefficient (Wildman–Crippen LogP) is 6.09. The number of alkyl halides is 3. The van der Waals surface area contributed by atoms with E-state index < -0.39 is 11.7 Å². The molecule has 0 saturated heterocycles. The lowest BCUT2D eigenvalue weighted by Gasteiger charge is -2.15. The molecule has 3 aromatic carbocycles. The Labute approximate surface area is 200 Å². The molecule has 4 aromatic rings. The van der Waals surface area contributed by atoms with Crippen molar-refractivity contribution in [3.63, 3.8) is 0 Å². The maximum atomic E-state index is 12.9. The Balaban J connectivity index is 1.57. The number of nitrogens with zero attached hydrogens (tertiary/aromatic N) is 3. The van der Waals surface area contributed by atoms with E-state index in [1.54, 1.807) is 24.3 Å². The van der Waals surface area contributed by atoms with Crippen LogP contribution in [0.15, 0.2) is 78.9 Å². The molecule has 0 spiro atoms. The van der Waals surface area contributed by atoms with Crippen molar-refractivity contribution in [2.75, 3.05) is 12.4 Å². The van der Waals surface area contributed by atoms with Gasteiger partial charge in [0.1, 0.15) is 0 Å². The fourth-order valence-electron chi connectivity index (χ4n) is 3.73. The Morgan fingerprint density at radius 1 is 1.00 bits per heavy atom. The van der Waals surface area contributed by atoms with Crippen LogP contribution in [-0.2, 0) is 11.0 Å². The van der Waals surface area contributed by atoms with Gasteiger partial charge >= 0.3 is 12.2 Å². The highest BCUT2D eigenvalue weighted by Gasteiger charge is 2.30. The number of aromatic nitrogens is 3. The molecule has 6 nitrogen and oxygen atoms in total. The van der Waals surface area contributed by atoms with Gasteiger partial charge in [-0.1, -0.05) is 49.4 Å². The summed E-state index contributed by atoms with van der Waals surface area (Å²) in [4.78, 5) is 17.1. The van der Waals surface area contributed by atoms with E-state index in [1.807, 2.05) is 37.3 Å². The number of halogens is 3. The highest BCUT2D eigenvalue weighted by atomic mass is 19.4. The molecule has 1 heterocycles. The molecule has 1 unspecified atom stereocenters. The van der Waals surface area contributed by atoms with Crippen molar-refractivity contribution in [3.8, 4) is 23.1 Å². The number of amides is 1. The van der Waals surface area contributed by atoms with Crippen LogP contribution in [0.5, 0.6) is 6.01 Å². The van der Waals surface area contributed by atoms with Crippen LogP contribution in [0.25, 0.3) is 17.1 Å². The van der Waals surface area contributed by atoms with Crippen molar-refractivity contribution in [3.05, 3.63) is 90.0 Å². The Kier molecular flexibility index (Phi) is 6.86. The number of benzene rings is 3. The van der Waals surface area contributed by atoms with Gasteiger partial charge < -0.3 is 10.1 Å². The molecule has 0 aliphatic rings. The minimum absolute atomic E-state index is 0.0749. The molecule has 0 aliphatic carbocycles. The molecular formula is C26H23F3N4O2. The molecule has 1 amide bonds. The summed E-state index contributed by atoms with van der Waals surface area (Å²) in [5.74, 6) is -0.0662. The standard InChI is InChI=1S/C26H23F3N4O2/c1-3-22(17-7-5-4-6-8-17)24(34)30-20-13-15-21(16-14-20)33-23(31-25(32-33)35-2)18-9-11-19(12-10-18)26(27,28)29/h4-16,22H,3H2,1-2H3,(H,30,34). The minimum atomic E-state index is -4.43. The maximum Gasteiger partial charge on any atom is 0.416 e. The van der Waals surface area contributed by atoms with Crippen LogP contribution in [0, 0.1) is 0 Å². The van der Waals surface area contributed by atoms with Gasteiger partial charge in [-0.3, -0.25) is 4.79 Å². The van der Waals surface area contributed by atoms with Crippen LogP contribution in [0.4, 0.5) is 18.9 Å². The number of hydrogen-bond donors (Lipinski definition) is 1. The van der Waals surface area contributed by atoms with Gasteiger partial charge in [-0.25, -0.2) is 4.68 Å². The fraction of sp³-hybridized carbons (Fsp3) is 0.192. The van der Waals surface area contributed by atoms with Crippen LogP contribution in [0.2, 0.25) is 0 Å². The van der Waals surface area contributed by atoms with Crippen LogP contribution in [0.3, 0.4) is 0 Å². The third-order valence-corrected chi connectivity index (χ3v) is 5.55. The van der Waals surface area contributed by atoms with E-state index in [9.17, 15) is 18.0 Å². The number of ether oxygens (including phenoxy) is 1. The van der Waals surface area contributed by atoms with Crippen molar-refractivity contribution in [1.82, 2.24) is 14.8 Å². The molecule has 0 radical (unpaired) electrons. The molecule has 1 atom stereocenters. The average molecular weight is 480 g/mol. The molecule has 180 valence electrons. The molecule has 1 aromatic heterocycles. The second-order valence-corrected chi connectivity index (χ2v) is 7.82. The third kappa shape index (κ3) is 5.34. The number of carbonyl (C=O) groups excluding carboxylic acids is 1. The quantitative estimate of drug-likeness (QED) is 0.347. The summed E-state index contributed by atoms with van der Waals surface area (Å²) < 4.78 is 45.4. The first kappa shape index (κ1) is 24.0. The first-order chi connectivity index (χ1) is 16.8. The fourth-order valence-corrected chi connectivity index (χ4v) is 3.73. The summed E-state index contributed by atoms with van der Waals surface area (Å²) >= 11 is 0. The molecule has 0 fully saturated rings. The summed E-state index contributed by atoms with van der Waals surface area (Å²) in [6.07, 6.45) is -3.77. The number of methoxy groups -OCH3 is 1. The van der Waals surface area contributed by atoms with Gasteiger partial charge in [0.25, 0.3) is 0 Å². The Hall–Kier alpha value is -4.14. The normalized spacial score (nSPS) is 12.3. The number of rotatable bonds is 7. The van der Waals surface area contributed by atoms with Gasteiger partial charge in [0.2, 0.25) is 5.91 Å². The van der Waals surface area contributed by atoms with E-state index in [0.717, 1.165) is 17.7 Å². The van der Waals surface area contributed by atoms with Gasteiger partial charge in [0.15, 0.2) is 5.82 Å². The maximum absolute atomic E-state index is 12.9. The van der Waals surface area contributed by atoms with Crippen molar-refractivity contribution in [2.24, 2.45) is 0 Å². The largest absolute Gasteiger partial charge is 0.466 e. The Morgan fingerprint density at radius 2 is 1.66 bits per heavy atom. The number of anilines is 1. The first-order valence-corrected chi connectivity index (χ1v) is 10.9. The zero-order chi connectivity index (χ0) is 25.0. The number of hydrogen-bond acceptors (Lipinski definition) is 4. The molecular weight excluding hydrogens is 457 g/mol. The minimum Gasteiger partial charge on any atom is -0.466 e. The predicted molar refractivity (Wildman–Crippen MR) is 126 cm³/mol. The van der Waals surface area contributed by atoms with Crippen molar-refractivity contribution in [1.29, 1.82) is 0 Å². The van der Waals surface area contributed by atoms with Crippen molar-refractivity contribution in [2.45, 2.75) is 25.4 Å². The van der Waals surface area contributed by atoms with Gasteiger partial charge in [-0.05, 0) is 48.4 Å². The van der Waals surface area contributed by atoms with Crippen LogP contribution < -0.4 is 10.1 Å². The van der Waals surface area contributed by atoms with E-state index in [-0.39, 0.29) is 17.8 Å². The Bertz CT molecular complexity index is 1290. The van der Waals surface area contributed by atoms with Gasteiger partial charge in [-0.15, -0.1) is 5.10 Å².